The fourth-order valence-corrected chi connectivity index (χ4v) is 5.10. The summed E-state index contributed by atoms with van der Waals surface area (Å²) in [6.07, 6.45) is 3.15. The Labute approximate surface area is 175 Å². The molecule has 0 radical (unpaired) electrons. The lowest BCUT2D eigenvalue weighted by atomic mass is 9.90. The molecule has 2 aromatic carbocycles. The highest BCUT2D eigenvalue weighted by Gasteiger charge is 2.20. The van der Waals surface area contributed by atoms with E-state index >= 15 is 0 Å². The number of hydrogen-bond donors (Lipinski definition) is 0. The molecule has 2 heterocycles. The maximum absolute atomic E-state index is 13.0. The first-order valence-corrected chi connectivity index (χ1v) is 11.3. The van der Waals surface area contributed by atoms with Crippen LogP contribution in [-0.4, -0.2) is 38.6 Å². The molecule has 154 valence electrons. The summed E-state index contributed by atoms with van der Waals surface area (Å²) in [7, 11) is -1.17. The van der Waals surface area contributed by atoms with Crippen LogP contribution in [-0.2, 0) is 17.2 Å². The van der Waals surface area contributed by atoms with Gasteiger partial charge in [-0.1, -0.05) is 12.1 Å². The van der Waals surface area contributed by atoms with Crippen LogP contribution in [0.25, 0.3) is 11.1 Å². The molecule has 3 aromatic rings. The third kappa shape index (κ3) is 4.79. The summed E-state index contributed by atoms with van der Waals surface area (Å²) in [6.45, 7) is 2.71. The third-order valence-electron chi connectivity index (χ3n) is 5.50. The Morgan fingerprint density at radius 3 is 2.59 bits per heavy atom. The summed E-state index contributed by atoms with van der Waals surface area (Å²) in [5, 5.41) is 0. The number of benzene rings is 2. The van der Waals surface area contributed by atoms with Gasteiger partial charge in [0, 0.05) is 29.0 Å². The van der Waals surface area contributed by atoms with Crippen molar-refractivity contribution in [3.63, 3.8) is 0 Å². The molecule has 0 bridgehead atoms. The van der Waals surface area contributed by atoms with Crippen molar-refractivity contribution < 1.29 is 13.0 Å². The van der Waals surface area contributed by atoms with Gasteiger partial charge in [-0.25, -0.2) is 9.18 Å². The van der Waals surface area contributed by atoms with Gasteiger partial charge in [-0.15, -0.1) is 0 Å². The number of nitrogens with zero attached hydrogens (tertiary/aromatic N) is 2. The van der Waals surface area contributed by atoms with Gasteiger partial charge in [-0.3, -0.25) is 4.21 Å². The lowest BCUT2D eigenvalue weighted by Crippen LogP contribution is -2.36. The van der Waals surface area contributed by atoms with Crippen molar-refractivity contribution in [3.05, 3.63) is 64.4 Å². The molecule has 8 heteroatoms. The lowest BCUT2D eigenvalue weighted by molar-refractivity contribution is 0.193. The van der Waals surface area contributed by atoms with E-state index in [1.807, 2.05) is 12.1 Å². The maximum Gasteiger partial charge on any atom is 0.434 e. The standard InChI is InChI=1S/C21H22ClFN2O3S/c22-25-19-6-5-18(14-20(19)28-21(25)26)29(27)12-11-24-9-7-16(8-10-24)13-15-1-3-17(23)4-2-15/h1-6,14,16H,7-13H2. The van der Waals surface area contributed by atoms with Crippen molar-refractivity contribution in [2.75, 3.05) is 25.4 Å². The van der Waals surface area contributed by atoms with Crippen LogP contribution in [0.3, 0.4) is 0 Å². The SMILES string of the molecule is O=c1oc2cc(S(=O)CCN3CCC(Cc4ccc(F)cc4)CC3)ccc2n1Cl. The van der Waals surface area contributed by atoms with Crippen LogP contribution in [0.15, 0.2) is 56.6 Å². The summed E-state index contributed by atoms with van der Waals surface area (Å²) in [5.41, 5.74) is 2.00. The van der Waals surface area contributed by atoms with E-state index in [0.717, 1.165) is 43.0 Å². The largest absolute Gasteiger partial charge is 0.434 e. The number of likely N-dealkylation sites (tertiary alicyclic amines) is 1. The minimum Gasteiger partial charge on any atom is -0.407 e. The number of aromatic nitrogens is 1. The molecule has 29 heavy (non-hydrogen) atoms. The lowest BCUT2D eigenvalue weighted by Gasteiger charge is -2.31. The van der Waals surface area contributed by atoms with Crippen molar-refractivity contribution in [3.8, 4) is 0 Å². The first-order valence-electron chi connectivity index (χ1n) is 9.66. The van der Waals surface area contributed by atoms with Crippen LogP contribution in [0, 0.1) is 11.7 Å². The van der Waals surface area contributed by atoms with E-state index in [4.69, 9.17) is 16.2 Å². The van der Waals surface area contributed by atoms with E-state index < -0.39 is 16.6 Å². The molecule has 0 N–H and O–H groups in total. The minimum absolute atomic E-state index is 0.196. The van der Waals surface area contributed by atoms with Gasteiger partial charge in [-0.2, -0.15) is 4.09 Å². The highest BCUT2D eigenvalue weighted by molar-refractivity contribution is 7.85. The van der Waals surface area contributed by atoms with Gasteiger partial charge in [-0.05, 0) is 74.2 Å². The van der Waals surface area contributed by atoms with Gasteiger partial charge >= 0.3 is 5.76 Å². The molecule has 1 fully saturated rings. The topological polar surface area (TPSA) is 55.5 Å². The van der Waals surface area contributed by atoms with Crippen molar-refractivity contribution in [1.82, 2.24) is 8.99 Å². The van der Waals surface area contributed by atoms with Gasteiger partial charge in [0.1, 0.15) is 11.3 Å². The number of rotatable bonds is 6. The van der Waals surface area contributed by atoms with E-state index in [0.29, 0.717) is 27.7 Å². The van der Waals surface area contributed by atoms with Crippen LogP contribution in [0.5, 0.6) is 0 Å². The average Bonchev–Trinajstić information content (AvgIpc) is 3.02. The molecule has 1 atom stereocenters. The van der Waals surface area contributed by atoms with E-state index in [-0.39, 0.29) is 5.82 Å². The minimum atomic E-state index is -1.17. The van der Waals surface area contributed by atoms with Crippen LogP contribution in [0.1, 0.15) is 18.4 Å². The Hall–Kier alpha value is -1.96. The van der Waals surface area contributed by atoms with Crippen LogP contribution < -0.4 is 5.76 Å². The summed E-state index contributed by atoms with van der Waals surface area (Å²) in [6, 6.07) is 11.8. The van der Waals surface area contributed by atoms with Gasteiger partial charge in [0.25, 0.3) is 0 Å². The Morgan fingerprint density at radius 2 is 1.86 bits per heavy atom. The predicted molar refractivity (Wildman–Crippen MR) is 112 cm³/mol. The first-order chi connectivity index (χ1) is 14.0. The maximum atomic E-state index is 13.0. The monoisotopic (exact) mass is 436 g/mol. The van der Waals surface area contributed by atoms with E-state index in [1.165, 1.54) is 17.7 Å². The van der Waals surface area contributed by atoms with Crippen LogP contribution in [0.2, 0.25) is 0 Å². The summed E-state index contributed by atoms with van der Waals surface area (Å²) >= 11 is 5.82. The van der Waals surface area contributed by atoms with Gasteiger partial charge in [0.2, 0.25) is 0 Å². The average molecular weight is 437 g/mol. The zero-order valence-corrected chi connectivity index (χ0v) is 17.4. The fourth-order valence-electron chi connectivity index (χ4n) is 3.81. The molecule has 0 aliphatic carbocycles. The second-order valence-electron chi connectivity index (χ2n) is 7.44. The molecule has 0 saturated carbocycles. The van der Waals surface area contributed by atoms with Crippen molar-refractivity contribution in [2.45, 2.75) is 24.2 Å². The Bertz CT molecular complexity index is 1070. The quantitative estimate of drug-likeness (QED) is 0.589. The molecule has 1 saturated heterocycles. The molecule has 1 aromatic heterocycles. The van der Waals surface area contributed by atoms with Crippen molar-refractivity contribution in [2.24, 2.45) is 5.92 Å². The number of oxazole rings is 1. The number of fused-ring (bicyclic) bond motifs is 1. The zero-order chi connectivity index (χ0) is 20.4. The highest BCUT2D eigenvalue weighted by atomic mass is 35.5. The Kier molecular flexibility index (Phi) is 6.18. The summed E-state index contributed by atoms with van der Waals surface area (Å²) < 4.78 is 31.7. The second-order valence-corrected chi connectivity index (χ2v) is 9.35. The predicted octanol–water partition coefficient (Wildman–Crippen LogP) is 3.80. The second kappa shape index (κ2) is 8.81. The fraction of sp³-hybridized carbons (Fsp3) is 0.381. The molecule has 4 rings (SSSR count). The van der Waals surface area contributed by atoms with Gasteiger partial charge in [0.05, 0.1) is 10.8 Å². The normalized spacial score (nSPS) is 17.0. The summed E-state index contributed by atoms with van der Waals surface area (Å²) in [5.74, 6) is 0.290. The molecule has 0 amide bonds. The first kappa shape index (κ1) is 20.3. The number of piperidine rings is 1. The van der Waals surface area contributed by atoms with E-state index in [1.54, 1.807) is 18.2 Å². The van der Waals surface area contributed by atoms with Crippen LogP contribution in [0.4, 0.5) is 4.39 Å². The van der Waals surface area contributed by atoms with Gasteiger partial charge < -0.3 is 9.32 Å². The molecular formula is C21H22ClFN2O3S. The highest BCUT2D eigenvalue weighted by Crippen LogP contribution is 2.22. The zero-order valence-electron chi connectivity index (χ0n) is 15.9. The van der Waals surface area contributed by atoms with Gasteiger partial charge in [0.15, 0.2) is 5.58 Å². The summed E-state index contributed by atoms with van der Waals surface area (Å²) in [4.78, 5) is 14.4. The molecule has 1 aliphatic rings. The molecule has 1 unspecified atom stereocenters. The number of hydrogen-bond acceptors (Lipinski definition) is 4. The van der Waals surface area contributed by atoms with Crippen molar-refractivity contribution in [1.29, 1.82) is 0 Å². The molecular weight excluding hydrogens is 415 g/mol. The van der Waals surface area contributed by atoms with E-state index in [2.05, 4.69) is 4.90 Å². The van der Waals surface area contributed by atoms with Crippen LogP contribution >= 0.6 is 11.8 Å². The molecule has 1 aliphatic heterocycles. The molecule has 5 nitrogen and oxygen atoms in total. The Balaban J connectivity index is 1.27. The Morgan fingerprint density at radius 1 is 1.14 bits per heavy atom. The number of halogens is 2. The van der Waals surface area contributed by atoms with E-state index in [9.17, 15) is 13.4 Å². The smallest absolute Gasteiger partial charge is 0.407 e. The van der Waals surface area contributed by atoms with Crippen molar-refractivity contribution >= 4 is 33.7 Å². The third-order valence-corrected chi connectivity index (χ3v) is 7.15. The molecule has 0 spiro atoms.